The van der Waals surface area contributed by atoms with E-state index >= 15 is 0 Å². The van der Waals surface area contributed by atoms with Crippen LogP contribution in [0.15, 0.2) is 0 Å². The molecule has 114 valence electrons. The Morgan fingerprint density at radius 3 is 2.35 bits per heavy atom. The quantitative estimate of drug-likeness (QED) is 0.510. The van der Waals surface area contributed by atoms with Crippen molar-refractivity contribution in [2.24, 2.45) is 0 Å². The molecule has 0 bridgehead atoms. The first-order valence-electron chi connectivity index (χ1n) is 6.47. The lowest BCUT2D eigenvalue weighted by Gasteiger charge is -2.26. The summed E-state index contributed by atoms with van der Waals surface area (Å²) in [7, 11) is 1.15. The lowest BCUT2D eigenvalue weighted by molar-refractivity contribution is -0.147. The van der Waals surface area contributed by atoms with Crippen LogP contribution in [0.2, 0.25) is 0 Å². The van der Waals surface area contributed by atoms with E-state index < -0.39 is 30.4 Å². The molecule has 20 heavy (non-hydrogen) atoms. The number of aliphatic hydroxyl groups excluding tert-OH is 1. The third-order valence-corrected chi connectivity index (χ3v) is 3.23. The largest absolute Gasteiger partial charge is 0.480 e. The fraction of sp³-hybridized carbons (Fsp3) is 0.750. The lowest BCUT2D eigenvalue weighted by atomic mass is 9.93. The minimum Gasteiger partial charge on any atom is -0.480 e. The third-order valence-electron chi connectivity index (χ3n) is 3.23. The molecule has 0 radical (unpaired) electrons. The van der Waals surface area contributed by atoms with Gasteiger partial charge in [0.15, 0.2) is 0 Å². The van der Waals surface area contributed by atoms with E-state index in [4.69, 9.17) is 5.11 Å². The molecule has 8 heteroatoms. The highest BCUT2D eigenvalue weighted by Crippen LogP contribution is 2.18. The number of carbonyl (C=O) groups is 3. The van der Waals surface area contributed by atoms with Gasteiger partial charge in [-0.1, -0.05) is 0 Å². The number of urea groups is 1. The van der Waals surface area contributed by atoms with E-state index in [9.17, 15) is 19.5 Å². The molecule has 2 amide bonds. The van der Waals surface area contributed by atoms with Crippen LogP contribution in [0.1, 0.15) is 32.1 Å². The summed E-state index contributed by atoms with van der Waals surface area (Å²) in [5.41, 5.74) is 0. The second-order valence-corrected chi connectivity index (χ2v) is 4.79. The Morgan fingerprint density at radius 2 is 1.85 bits per heavy atom. The standard InChI is InChI=1S/C12H20N2O6/c1-20-10(16)6-9(11(17)18)14-12(19)13-7-2-4-8(15)5-3-7/h7-9,15H,2-6H2,1H3,(H,17,18)(H2,13,14,19)/t7?,8?,9-/m0/s1. The van der Waals surface area contributed by atoms with Crippen molar-refractivity contribution < 1.29 is 29.3 Å². The van der Waals surface area contributed by atoms with Crippen molar-refractivity contribution in [1.29, 1.82) is 0 Å². The Kier molecular flexibility index (Phi) is 6.23. The highest BCUT2D eigenvalue weighted by Gasteiger charge is 2.26. The van der Waals surface area contributed by atoms with Crippen LogP contribution >= 0.6 is 0 Å². The Hall–Kier alpha value is -1.83. The Labute approximate surface area is 116 Å². The smallest absolute Gasteiger partial charge is 0.326 e. The first-order valence-corrected chi connectivity index (χ1v) is 6.47. The normalized spacial score (nSPS) is 23.5. The van der Waals surface area contributed by atoms with Gasteiger partial charge in [-0.05, 0) is 25.7 Å². The van der Waals surface area contributed by atoms with Crippen LogP contribution in [-0.4, -0.2) is 53.5 Å². The van der Waals surface area contributed by atoms with E-state index in [1.165, 1.54) is 0 Å². The predicted molar refractivity (Wildman–Crippen MR) is 68.0 cm³/mol. The number of aliphatic hydroxyl groups is 1. The molecule has 0 aromatic rings. The highest BCUT2D eigenvalue weighted by molar-refractivity contribution is 5.86. The van der Waals surface area contributed by atoms with E-state index in [1.807, 2.05) is 0 Å². The van der Waals surface area contributed by atoms with E-state index in [-0.39, 0.29) is 12.1 Å². The molecule has 1 aliphatic carbocycles. The SMILES string of the molecule is COC(=O)C[C@H](NC(=O)NC1CCC(O)CC1)C(=O)O. The molecule has 0 unspecified atom stereocenters. The number of aliphatic carboxylic acids is 1. The Balaban J connectivity index is 2.41. The molecular formula is C12H20N2O6. The van der Waals surface area contributed by atoms with Crippen LogP contribution in [0.25, 0.3) is 0 Å². The van der Waals surface area contributed by atoms with Gasteiger partial charge < -0.3 is 25.6 Å². The van der Waals surface area contributed by atoms with Gasteiger partial charge in [0.05, 0.1) is 19.6 Å². The molecule has 0 aliphatic heterocycles. The second-order valence-electron chi connectivity index (χ2n) is 4.79. The summed E-state index contributed by atoms with van der Waals surface area (Å²) in [4.78, 5) is 33.7. The van der Waals surface area contributed by atoms with Gasteiger partial charge in [-0.3, -0.25) is 4.79 Å². The first kappa shape index (κ1) is 16.2. The molecule has 1 atom stereocenters. The maximum atomic E-state index is 11.7. The number of methoxy groups -OCH3 is 1. The van der Waals surface area contributed by atoms with Crippen LogP contribution in [0, 0.1) is 0 Å². The van der Waals surface area contributed by atoms with Crippen LogP contribution in [0.3, 0.4) is 0 Å². The van der Waals surface area contributed by atoms with Crippen molar-refractivity contribution in [1.82, 2.24) is 10.6 Å². The number of carboxylic acid groups (broad SMARTS) is 1. The summed E-state index contributed by atoms with van der Waals surface area (Å²) >= 11 is 0. The summed E-state index contributed by atoms with van der Waals surface area (Å²) in [6, 6.07) is -2.05. The van der Waals surface area contributed by atoms with E-state index in [0.29, 0.717) is 25.7 Å². The number of hydrogen-bond donors (Lipinski definition) is 4. The fourth-order valence-electron chi connectivity index (χ4n) is 2.06. The van der Waals surface area contributed by atoms with E-state index in [2.05, 4.69) is 15.4 Å². The number of carbonyl (C=O) groups excluding carboxylic acids is 2. The summed E-state index contributed by atoms with van der Waals surface area (Å²) in [6.07, 6.45) is 1.74. The van der Waals surface area contributed by atoms with Crippen molar-refractivity contribution in [3.63, 3.8) is 0 Å². The minimum atomic E-state index is -1.32. The fourth-order valence-corrected chi connectivity index (χ4v) is 2.06. The molecule has 1 saturated carbocycles. The van der Waals surface area contributed by atoms with Crippen LogP contribution in [0.5, 0.6) is 0 Å². The molecular weight excluding hydrogens is 268 g/mol. The average molecular weight is 288 g/mol. The summed E-state index contributed by atoms with van der Waals surface area (Å²) in [5, 5.41) is 23.1. The van der Waals surface area contributed by atoms with Crippen molar-refractivity contribution >= 4 is 18.0 Å². The Morgan fingerprint density at radius 1 is 1.25 bits per heavy atom. The van der Waals surface area contributed by atoms with Crippen molar-refractivity contribution in [2.45, 2.75) is 50.3 Å². The topological polar surface area (TPSA) is 125 Å². The van der Waals surface area contributed by atoms with Crippen LogP contribution < -0.4 is 10.6 Å². The molecule has 0 aromatic heterocycles. The molecule has 1 fully saturated rings. The summed E-state index contributed by atoms with van der Waals surface area (Å²) < 4.78 is 4.37. The van der Waals surface area contributed by atoms with Crippen molar-refractivity contribution in [2.75, 3.05) is 7.11 Å². The van der Waals surface area contributed by atoms with Gasteiger partial charge in [0.1, 0.15) is 6.04 Å². The lowest BCUT2D eigenvalue weighted by Crippen LogP contribution is -2.50. The maximum Gasteiger partial charge on any atom is 0.326 e. The van der Waals surface area contributed by atoms with Gasteiger partial charge in [0.2, 0.25) is 0 Å². The number of ether oxygens (including phenoxy) is 1. The molecule has 8 nitrogen and oxygen atoms in total. The molecule has 0 heterocycles. The van der Waals surface area contributed by atoms with Gasteiger partial charge in [0, 0.05) is 6.04 Å². The van der Waals surface area contributed by atoms with E-state index in [0.717, 1.165) is 7.11 Å². The summed E-state index contributed by atoms with van der Waals surface area (Å²) in [6.45, 7) is 0. The molecule has 0 spiro atoms. The average Bonchev–Trinajstić information content (AvgIpc) is 2.40. The zero-order chi connectivity index (χ0) is 15.1. The number of nitrogens with one attached hydrogen (secondary N) is 2. The van der Waals surface area contributed by atoms with Gasteiger partial charge in [-0.2, -0.15) is 0 Å². The maximum absolute atomic E-state index is 11.7. The van der Waals surface area contributed by atoms with Crippen LogP contribution in [-0.2, 0) is 14.3 Å². The summed E-state index contributed by atoms with van der Waals surface area (Å²) in [5.74, 6) is -2.01. The first-order chi connectivity index (χ1) is 9.42. The molecule has 1 aliphatic rings. The van der Waals surface area contributed by atoms with Crippen LogP contribution in [0.4, 0.5) is 4.79 Å². The van der Waals surface area contributed by atoms with E-state index in [1.54, 1.807) is 0 Å². The predicted octanol–water partition coefficient (Wildman–Crippen LogP) is -0.395. The number of esters is 1. The van der Waals surface area contributed by atoms with Gasteiger partial charge in [-0.25, -0.2) is 9.59 Å². The minimum absolute atomic E-state index is 0.0917. The third kappa shape index (κ3) is 5.43. The van der Waals surface area contributed by atoms with Crippen molar-refractivity contribution in [3.05, 3.63) is 0 Å². The Bertz CT molecular complexity index is 365. The zero-order valence-corrected chi connectivity index (χ0v) is 11.3. The second kappa shape index (κ2) is 7.68. The monoisotopic (exact) mass is 288 g/mol. The molecule has 1 rings (SSSR count). The number of carboxylic acids is 1. The number of amides is 2. The molecule has 4 N–H and O–H groups in total. The molecule has 0 saturated heterocycles. The number of hydrogen-bond acceptors (Lipinski definition) is 5. The van der Waals surface area contributed by atoms with Crippen molar-refractivity contribution in [3.8, 4) is 0 Å². The molecule has 0 aromatic carbocycles. The van der Waals surface area contributed by atoms with Gasteiger partial charge in [0.25, 0.3) is 0 Å². The highest BCUT2D eigenvalue weighted by atomic mass is 16.5. The van der Waals surface area contributed by atoms with Gasteiger partial charge in [-0.15, -0.1) is 0 Å². The zero-order valence-electron chi connectivity index (χ0n) is 11.3. The number of rotatable bonds is 5. The van der Waals surface area contributed by atoms with Gasteiger partial charge >= 0.3 is 18.0 Å².